The molecule has 0 aliphatic rings. The molecule has 1 heterocycles. The molecule has 0 aliphatic carbocycles. The van der Waals surface area contributed by atoms with E-state index >= 15 is 0 Å². The molecule has 0 fully saturated rings. The zero-order valence-electron chi connectivity index (χ0n) is 11.3. The second kappa shape index (κ2) is 4.89. The molecule has 2 N–H and O–H groups in total. The Morgan fingerprint density at radius 1 is 1.35 bits per heavy atom. The second-order valence-electron chi connectivity index (χ2n) is 5.06. The van der Waals surface area contributed by atoms with Crippen molar-refractivity contribution in [3.05, 3.63) is 34.5 Å². The highest BCUT2D eigenvalue weighted by molar-refractivity contribution is 9.10. The number of aromatic nitrogens is 1. The lowest BCUT2D eigenvalue weighted by Gasteiger charge is -2.20. The number of hydrogen-bond donors (Lipinski definition) is 1. The Kier molecular flexibility index (Phi) is 3.68. The zero-order chi connectivity index (χ0) is 15.1. The fourth-order valence-electron chi connectivity index (χ4n) is 1.80. The van der Waals surface area contributed by atoms with E-state index in [1.54, 1.807) is 13.8 Å². The van der Waals surface area contributed by atoms with Gasteiger partial charge in [-0.2, -0.15) is 0 Å². The number of halogens is 1. The van der Waals surface area contributed by atoms with Crippen LogP contribution in [0.1, 0.15) is 19.6 Å². The summed E-state index contributed by atoms with van der Waals surface area (Å²) >= 11 is 3.38. The predicted molar refractivity (Wildman–Crippen MR) is 81.9 cm³/mol. The molecule has 5 nitrogen and oxygen atoms in total. The van der Waals surface area contributed by atoms with Crippen molar-refractivity contribution in [3.8, 4) is 11.1 Å². The van der Waals surface area contributed by atoms with E-state index in [4.69, 9.17) is 10.3 Å². The fourth-order valence-corrected chi connectivity index (χ4v) is 2.68. The normalized spacial score (nSPS) is 12.6. The van der Waals surface area contributed by atoms with Crippen LogP contribution in [0, 0.1) is 0 Å². The van der Waals surface area contributed by atoms with E-state index in [1.165, 1.54) is 0 Å². The maximum absolute atomic E-state index is 12.0. The van der Waals surface area contributed by atoms with Crippen LogP contribution < -0.4 is 5.73 Å². The summed E-state index contributed by atoms with van der Waals surface area (Å²) in [7, 11) is -3.38. The summed E-state index contributed by atoms with van der Waals surface area (Å²) in [5.41, 5.74) is 7.12. The Hall–Kier alpha value is -1.34. The molecule has 2 aromatic rings. The molecular weight excluding hydrogens is 344 g/mol. The number of hydrogen-bond acceptors (Lipinski definition) is 5. The van der Waals surface area contributed by atoms with Crippen molar-refractivity contribution in [1.82, 2.24) is 5.16 Å². The number of nitrogens with zero attached hydrogens (tertiary/aromatic N) is 1. The molecule has 0 amide bonds. The van der Waals surface area contributed by atoms with Gasteiger partial charge in [0.05, 0.1) is 5.56 Å². The largest absolute Gasteiger partial charge is 0.380 e. The van der Waals surface area contributed by atoms with Crippen LogP contribution in [0.3, 0.4) is 0 Å². The summed E-state index contributed by atoms with van der Waals surface area (Å²) in [6.07, 6.45) is 1.16. The first-order valence-electron chi connectivity index (χ1n) is 5.86. The third kappa shape index (κ3) is 2.47. The number of benzene rings is 1. The molecule has 0 saturated heterocycles. The lowest BCUT2D eigenvalue weighted by atomic mass is 9.99. The number of rotatable bonds is 3. The average Bonchev–Trinajstić information content (AvgIpc) is 2.70. The Balaban J connectivity index is 2.71. The van der Waals surface area contributed by atoms with Crippen molar-refractivity contribution < 1.29 is 12.9 Å². The van der Waals surface area contributed by atoms with Crippen molar-refractivity contribution in [2.75, 3.05) is 12.0 Å². The van der Waals surface area contributed by atoms with Gasteiger partial charge in [0.1, 0.15) is 4.75 Å². The van der Waals surface area contributed by atoms with Crippen LogP contribution in [0.5, 0.6) is 0 Å². The van der Waals surface area contributed by atoms with E-state index in [-0.39, 0.29) is 11.6 Å². The van der Waals surface area contributed by atoms with E-state index in [0.29, 0.717) is 5.56 Å². The Bertz CT molecular complexity index is 751. The smallest absolute Gasteiger partial charge is 0.175 e. The van der Waals surface area contributed by atoms with Gasteiger partial charge in [0.2, 0.25) is 0 Å². The van der Waals surface area contributed by atoms with Gasteiger partial charge in [0, 0.05) is 10.7 Å². The number of nitrogen functional groups attached to an aromatic ring is 1. The quantitative estimate of drug-likeness (QED) is 0.911. The standard InChI is InChI=1S/C13H15BrN2O3S/c1-13(2,20(3,17)18)11-10(12(15)16-19-11)8-5-4-6-9(14)7-8/h4-7H,1-3H3,(H2,15,16). The number of sulfone groups is 1. The molecule has 1 aromatic carbocycles. The second-order valence-corrected chi connectivity index (χ2v) is 8.55. The van der Waals surface area contributed by atoms with E-state index in [2.05, 4.69) is 21.1 Å². The van der Waals surface area contributed by atoms with Gasteiger partial charge in [-0.15, -0.1) is 0 Å². The number of nitrogens with two attached hydrogens (primary N) is 1. The van der Waals surface area contributed by atoms with Crippen molar-refractivity contribution >= 4 is 31.6 Å². The van der Waals surface area contributed by atoms with Crippen molar-refractivity contribution in [1.29, 1.82) is 0 Å². The topological polar surface area (TPSA) is 86.2 Å². The highest BCUT2D eigenvalue weighted by Crippen LogP contribution is 2.40. The van der Waals surface area contributed by atoms with Gasteiger partial charge in [0.15, 0.2) is 21.4 Å². The molecule has 0 radical (unpaired) electrons. The van der Waals surface area contributed by atoms with Gasteiger partial charge in [-0.25, -0.2) is 8.42 Å². The maximum Gasteiger partial charge on any atom is 0.175 e. The molecule has 2 rings (SSSR count). The summed E-state index contributed by atoms with van der Waals surface area (Å²) in [5.74, 6) is 0.422. The van der Waals surface area contributed by atoms with Gasteiger partial charge in [-0.3, -0.25) is 0 Å². The fraction of sp³-hybridized carbons (Fsp3) is 0.308. The van der Waals surface area contributed by atoms with Crippen LogP contribution in [0.15, 0.2) is 33.3 Å². The summed E-state index contributed by atoms with van der Waals surface area (Å²) in [5, 5.41) is 3.73. The monoisotopic (exact) mass is 358 g/mol. The molecule has 0 spiro atoms. The van der Waals surface area contributed by atoms with E-state index in [9.17, 15) is 8.42 Å². The Labute approximate surface area is 126 Å². The molecule has 20 heavy (non-hydrogen) atoms. The minimum atomic E-state index is -3.38. The summed E-state index contributed by atoms with van der Waals surface area (Å²) in [4.78, 5) is 0. The van der Waals surface area contributed by atoms with Crippen molar-refractivity contribution in [2.24, 2.45) is 0 Å². The minimum Gasteiger partial charge on any atom is -0.380 e. The zero-order valence-corrected chi connectivity index (χ0v) is 13.7. The lowest BCUT2D eigenvalue weighted by molar-refractivity contribution is 0.357. The third-order valence-corrected chi connectivity index (χ3v) is 5.84. The first-order chi connectivity index (χ1) is 9.14. The molecule has 0 saturated carbocycles. The molecular formula is C13H15BrN2O3S. The van der Waals surface area contributed by atoms with Crippen LogP contribution in [0.25, 0.3) is 11.1 Å². The highest BCUT2D eigenvalue weighted by atomic mass is 79.9. The van der Waals surface area contributed by atoms with Crippen LogP contribution >= 0.6 is 15.9 Å². The lowest BCUT2D eigenvalue weighted by Crippen LogP contribution is -2.28. The molecule has 0 atom stereocenters. The van der Waals surface area contributed by atoms with Gasteiger partial charge < -0.3 is 10.3 Å². The number of anilines is 1. The van der Waals surface area contributed by atoms with Gasteiger partial charge in [-0.1, -0.05) is 33.2 Å². The van der Waals surface area contributed by atoms with Gasteiger partial charge in [0.25, 0.3) is 0 Å². The van der Waals surface area contributed by atoms with Gasteiger partial charge in [-0.05, 0) is 31.5 Å². The molecule has 1 aromatic heterocycles. The molecule has 108 valence electrons. The molecule has 0 aliphatic heterocycles. The van der Waals surface area contributed by atoms with Gasteiger partial charge >= 0.3 is 0 Å². The van der Waals surface area contributed by atoms with Crippen LogP contribution in [-0.4, -0.2) is 19.8 Å². The summed E-state index contributed by atoms with van der Waals surface area (Å²) in [6, 6.07) is 7.37. The van der Waals surface area contributed by atoms with E-state index < -0.39 is 14.6 Å². The molecule has 0 bridgehead atoms. The SMILES string of the molecule is CC(C)(c1onc(N)c1-c1cccc(Br)c1)S(C)(=O)=O. The third-order valence-electron chi connectivity index (χ3n) is 3.31. The van der Waals surface area contributed by atoms with Crippen molar-refractivity contribution in [3.63, 3.8) is 0 Å². The van der Waals surface area contributed by atoms with Crippen LogP contribution in [0.2, 0.25) is 0 Å². The first kappa shape index (κ1) is 15.1. The highest BCUT2D eigenvalue weighted by Gasteiger charge is 2.39. The van der Waals surface area contributed by atoms with E-state index in [0.717, 1.165) is 16.3 Å². The van der Waals surface area contributed by atoms with Crippen molar-refractivity contribution in [2.45, 2.75) is 18.6 Å². The Morgan fingerprint density at radius 2 is 2.00 bits per heavy atom. The average molecular weight is 359 g/mol. The Morgan fingerprint density at radius 3 is 2.55 bits per heavy atom. The predicted octanol–water partition coefficient (Wildman–Crippen LogP) is 2.97. The van der Waals surface area contributed by atoms with Crippen LogP contribution in [-0.2, 0) is 14.6 Å². The first-order valence-corrected chi connectivity index (χ1v) is 8.54. The van der Waals surface area contributed by atoms with Crippen LogP contribution in [0.4, 0.5) is 5.82 Å². The minimum absolute atomic E-state index is 0.176. The summed E-state index contributed by atoms with van der Waals surface area (Å²) < 4.78 is 28.8. The molecule has 7 heteroatoms. The maximum atomic E-state index is 12.0. The molecule has 0 unspecified atom stereocenters. The van der Waals surface area contributed by atoms with E-state index in [1.807, 2.05) is 24.3 Å². The summed E-state index contributed by atoms with van der Waals surface area (Å²) in [6.45, 7) is 3.15.